The van der Waals surface area contributed by atoms with Crippen molar-refractivity contribution in [2.24, 2.45) is 0 Å². The normalized spacial score (nSPS) is 17.9. The first-order valence-electron chi connectivity index (χ1n) is 6.85. The van der Waals surface area contributed by atoms with Crippen LogP contribution in [0.15, 0.2) is 0 Å². The van der Waals surface area contributed by atoms with E-state index < -0.39 is 6.10 Å². The average molecular weight is 298 g/mol. The molecular weight excluding hydrogens is 272 g/mol. The topological polar surface area (TPSA) is 60.5 Å². The standard InChI is InChI=1S/C10H18O3.C6H8O2/c1-5-6-12-7-9(11)8-13-10(2,3)4;1-2-3-7-4-6-5-8-6/h1,9,11H,6-8H2,2-4H3;1,6H,3-5H2/t9-;6-/m11/s1. The van der Waals surface area contributed by atoms with E-state index >= 15 is 0 Å². The van der Waals surface area contributed by atoms with Gasteiger partial charge in [-0.05, 0) is 20.8 Å². The van der Waals surface area contributed by atoms with E-state index in [0.717, 1.165) is 6.61 Å². The first kappa shape index (κ1) is 19.9. The van der Waals surface area contributed by atoms with Gasteiger partial charge < -0.3 is 24.1 Å². The summed E-state index contributed by atoms with van der Waals surface area (Å²) in [6.07, 6.45) is 9.62. The van der Waals surface area contributed by atoms with Crippen LogP contribution in [0.4, 0.5) is 0 Å². The molecule has 2 atom stereocenters. The SMILES string of the molecule is C#CCOC[C@@H](O)COC(C)(C)C.C#CCOC[C@@H]1CO1. The summed E-state index contributed by atoms with van der Waals surface area (Å²) in [4.78, 5) is 0. The van der Waals surface area contributed by atoms with Gasteiger partial charge >= 0.3 is 0 Å². The molecule has 1 fully saturated rings. The number of aliphatic hydroxyl groups excluding tert-OH is 1. The number of aliphatic hydroxyl groups is 1. The monoisotopic (exact) mass is 298 g/mol. The van der Waals surface area contributed by atoms with E-state index in [4.69, 9.17) is 31.8 Å². The van der Waals surface area contributed by atoms with Crippen LogP contribution in [-0.4, -0.2) is 62.6 Å². The quantitative estimate of drug-likeness (QED) is 0.409. The Balaban J connectivity index is 0.000000423. The molecule has 5 nitrogen and oxygen atoms in total. The Hall–Kier alpha value is -1.08. The highest BCUT2D eigenvalue weighted by atomic mass is 16.6. The molecule has 0 aromatic heterocycles. The van der Waals surface area contributed by atoms with Crippen LogP contribution >= 0.6 is 0 Å². The molecule has 0 amide bonds. The Morgan fingerprint density at radius 1 is 1.19 bits per heavy atom. The summed E-state index contributed by atoms with van der Waals surface area (Å²) in [5.74, 6) is 4.69. The maximum Gasteiger partial charge on any atom is 0.107 e. The van der Waals surface area contributed by atoms with E-state index in [-0.39, 0.29) is 25.4 Å². The average Bonchev–Trinajstić information content (AvgIpc) is 3.21. The molecule has 1 saturated heterocycles. The molecule has 21 heavy (non-hydrogen) atoms. The van der Waals surface area contributed by atoms with Crippen LogP contribution in [-0.2, 0) is 18.9 Å². The minimum absolute atomic E-state index is 0.223. The molecule has 0 aliphatic carbocycles. The summed E-state index contributed by atoms with van der Waals surface area (Å²) in [5, 5.41) is 9.32. The first-order chi connectivity index (χ1) is 9.89. The number of ether oxygens (including phenoxy) is 4. The molecule has 0 unspecified atom stereocenters. The molecule has 0 spiro atoms. The predicted molar refractivity (Wildman–Crippen MR) is 80.8 cm³/mol. The Morgan fingerprint density at radius 3 is 2.24 bits per heavy atom. The number of terminal acetylenes is 2. The number of rotatable bonds is 8. The number of hydrogen-bond acceptors (Lipinski definition) is 5. The van der Waals surface area contributed by atoms with Gasteiger partial charge in [-0.2, -0.15) is 0 Å². The second kappa shape index (κ2) is 11.6. The molecule has 0 saturated carbocycles. The van der Waals surface area contributed by atoms with E-state index in [9.17, 15) is 5.11 Å². The largest absolute Gasteiger partial charge is 0.388 e. The fourth-order valence-electron chi connectivity index (χ4n) is 1.06. The van der Waals surface area contributed by atoms with Gasteiger partial charge in [-0.15, -0.1) is 12.8 Å². The molecule has 1 aliphatic heterocycles. The summed E-state index contributed by atoms with van der Waals surface area (Å²) < 4.78 is 20.1. The van der Waals surface area contributed by atoms with E-state index in [2.05, 4.69) is 11.8 Å². The van der Waals surface area contributed by atoms with Crippen molar-refractivity contribution in [1.82, 2.24) is 0 Å². The van der Waals surface area contributed by atoms with E-state index in [1.807, 2.05) is 20.8 Å². The molecule has 0 aromatic rings. The Bertz CT molecular complexity index is 330. The van der Waals surface area contributed by atoms with Crippen LogP contribution in [0.5, 0.6) is 0 Å². The molecule has 120 valence electrons. The highest BCUT2D eigenvalue weighted by Gasteiger charge is 2.21. The van der Waals surface area contributed by atoms with Crippen molar-refractivity contribution in [2.45, 2.75) is 38.6 Å². The van der Waals surface area contributed by atoms with Crippen LogP contribution in [0.1, 0.15) is 20.8 Å². The van der Waals surface area contributed by atoms with Gasteiger partial charge in [-0.25, -0.2) is 0 Å². The Morgan fingerprint density at radius 2 is 1.76 bits per heavy atom. The van der Waals surface area contributed by atoms with Gasteiger partial charge in [0, 0.05) is 0 Å². The zero-order valence-electron chi connectivity index (χ0n) is 13.1. The van der Waals surface area contributed by atoms with Gasteiger partial charge in [-0.1, -0.05) is 11.8 Å². The summed E-state index contributed by atoms with van der Waals surface area (Å²) in [6.45, 7) is 8.42. The van der Waals surface area contributed by atoms with Gasteiger partial charge in [0.1, 0.15) is 25.4 Å². The molecule has 0 aromatic carbocycles. The fraction of sp³-hybridized carbons (Fsp3) is 0.750. The third-order valence-corrected chi connectivity index (χ3v) is 2.10. The molecule has 1 heterocycles. The lowest BCUT2D eigenvalue weighted by Gasteiger charge is -2.21. The van der Waals surface area contributed by atoms with Gasteiger partial charge in [0.05, 0.1) is 32.0 Å². The Kier molecular flexibility index (Phi) is 11.0. The summed E-state index contributed by atoms with van der Waals surface area (Å²) in [7, 11) is 0. The predicted octanol–water partition coefficient (Wildman–Crippen LogP) is 0.847. The van der Waals surface area contributed by atoms with Gasteiger partial charge in [0.15, 0.2) is 0 Å². The van der Waals surface area contributed by atoms with Crippen LogP contribution < -0.4 is 0 Å². The van der Waals surface area contributed by atoms with Crippen molar-refractivity contribution >= 4 is 0 Å². The third-order valence-electron chi connectivity index (χ3n) is 2.10. The highest BCUT2D eigenvalue weighted by molar-refractivity contribution is 4.83. The van der Waals surface area contributed by atoms with Crippen molar-refractivity contribution < 1.29 is 24.1 Å². The second-order valence-corrected chi connectivity index (χ2v) is 5.47. The van der Waals surface area contributed by atoms with Gasteiger partial charge in [0.25, 0.3) is 0 Å². The lowest BCUT2D eigenvalue weighted by molar-refractivity contribution is -0.0686. The van der Waals surface area contributed by atoms with Crippen LogP contribution in [0, 0.1) is 24.7 Å². The molecule has 0 radical (unpaired) electrons. The van der Waals surface area contributed by atoms with Crippen molar-refractivity contribution in [2.75, 3.05) is 39.6 Å². The Labute approximate surface area is 127 Å². The third kappa shape index (κ3) is 16.9. The van der Waals surface area contributed by atoms with Crippen molar-refractivity contribution in [3.63, 3.8) is 0 Å². The lowest BCUT2D eigenvalue weighted by Crippen LogP contribution is -2.29. The molecule has 1 rings (SSSR count). The van der Waals surface area contributed by atoms with E-state index in [1.165, 1.54) is 0 Å². The minimum Gasteiger partial charge on any atom is -0.388 e. The smallest absolute Gasteiger partial charge is 0.107 e. The lowest BCUT2D eigenvalue weighted by atomic mass is 10.2. The van der Waals surface area contributed by atoms with Crippen LogP contribution in [0.3, 0.4) is 0 Å². The number of hydrogen-bond donors (Lipinski definition) is 1. The summed E-state index contributed by atoms with van der Waals surface area (Å²) >= 11 is 0. The summed E-state index contributed by atoms with van der Waals surface area (Å²) in [6, 6.07) is 0. The van der Waals surface area contributed by atoms with Crippen molar-refractivity contribution in [1.29, 1.82) is 0 Å². The van der Waals surface area contributed by atoms with Crippen molar-refractivity contribution in [3.8, 4) is 24.7 Å². The van der Waals surface area contributed by atoms with E-state index in [1.54, 1.807) is 0 Å². The minimum atomic E-state index is -0.604. The first-order valence-corrected chi connectivity index (χ1v) is 6.85. The van der Waals surface area contributed by atoms with Crippen molar-refractivity contribution in [3.05, 3.63) is 0 Å². The van der Waals surface area contributed by atoms with Crippen LogP contribution in [0.2, 0.25) is 0 Å². The maximum atomic E-state index is 9.32. The zero-order chi connectivity index (χ0) is 16.1. The van der Waals surface area contributed by atoms with Crippen LogP contribution in [0.25, 0.3) is 0 Å². The number of epoxide rings is 1. The maximum absolute atomic E-state index is 9.32. The second-order valence-electron chi connectivity index (χ2n) is 5.47. The summed E-state index contributed by atoms with van der Waals surface area (Å²) in [5.41, 5.74) is -0.229. The molecule has 5 heteroatoms. The molecule has 0 bridgehead atoms. The zero-order valence-corrected chi connectivity index (χ0v) is 13.1. The molecular formula is C16H26O5. The fourth-order valence-corrected chi connectivity index (χ4v) is 1.06. The van der Waals surface area contributed by atoms with E-state index in [0.29, 0.717) is 19.3 Å². The van der Waals surface area contributed by atoms with Gasteiger partial charge in [0.2, 0.25) is 0 Å². The highest BCUT2D eigenvalue weighted by Crippen LogP contribution is 2.08. The van der Waals surface area contributed by atoms with Gasteiger partial charge in [-0.3, -0.25) is 0 Å². The molecule has 1 N–H and O–H groups in total. The molecule has 1 aliphatic rings.